The summed E-state index contributed by atoms with van der Waals surface area (Å²) in [5.74, 6) is -0.00565. The second-order valence-corrected chi connectivity index (χ2v) is 4.82. The molecule has 0 spiro atoms. The van der Waals surface area contributed by atoms with Crippen LogP contribution in [0.3, 0.4) is 0 Å². The summed E-state index contributed by atoms with van der Waals surface area (Å²) in [5, 5.41) is 2.04. The zero-order valence-electron chi connectivity index (χ0n) is 10.6. The number of amides is 1. The Morgan fingerprint density at radius 3 is 2.82 bits per heavy atom. The Kier molecular flexibility index (Phi) is 6.18. The van der Waals surface area contributed by atoms with E-state index in [1.165, 1.54) is 10.4 Å². The highest BCUT2D eigenvalue weighted by Crippen LogP contribution is 2.17. The maximum Gasteiger partial charge on any atom is 0.248 e. The molecule has 1 rings (SSSR count). The topological polar surface area (TPSA) is 38.8 Å². The molecule has 0 atom stereocenters. The van der Waals surface area contributed by atoms with Crippen LogP contribution in [0.25, 0.3) is 0 Å². The van der Waals surface area contributed by atoms with Gasteiger partial charge in [-0.2, -0.15) is 0 Å². The number of aryl methyl sites for hydroxylation is 1. The molecule has 0 aromatic carbocycles. The van der Waals surface area contributed by atoms with Crippen LogP contribution >= 0.6 is 11.3 Å². The Bertz CT molecular complexity index is 351. The highest BCUT2D eigenvalue weighted by atomic mass is 32.1. The highest BCUT2D eigenvalue weighted by Gasteiger charge is 2.11. The van der Waals surface area contributed by atoms with E-state index in [0.29, 0.717) is 19.8 Å². The lowest BCUT2D eigenvalue weighted by Crippen LogP contribution is -2.30. The van der Waals surface area contributed by atoms with Crippen LogP contribution < -0.4 is 0 Å². The Labute approximate surface area is 106 Å². The van der Waals surface area contributed by atoms with Gasteiger partial charge >= 0.3 is 0 Å². The number of likely N-dealkylation sites (N-methyl/N-ethyl adjacent to an activating group) is 1. The van der Waals surface area contributed by atoms with Crippen molar-refractivity contribution < 1.29 is 14.3 Å². The molecule has 0 aliphatic carbocycles. The van der Waals surface area contributed by atoms with Crippen molar-refractivity contribution in [2.45, 2.75) is 13.5 Å². The van der Waals surface area contributed by atoms with Gasteiger partial charge in [-0.15, -0.1) is 11.3 Å². The van der Waals surface area contributed by atoms with E-state index in [4.69, 9.17) is 9.47 Å². The summed E-state index contributed by atoms with van der Waals surface area (Å²) in [6, 6.07) is 2.06. The molecular weight excluding hydrogens is 238 g/mol. The van der Waals surface area contributed by atoms with E-state index in [9.17, 15) is 4.79 Å². The molecule has 0 radical (unpaired) electrons. The van der Waals surface area contributed by atoms with Crippen molar-refractivity contribution in [2.75, 3.05) is 34.0 Å². The first-order valence-corrected chi connectivity index (χ1v) is 6.36. The van der Waals surface area contributed by atoms with Gasteiger partial charge in [-0.25, -0.2) is 0 Å². The molecule has 0 saturated heterocycles. The van der Waals surface area contributed by atoms with Gasteiger partial charge in [-0.3, -0.25) is 4.79 Å². The summed E-state index contributed by atoms with van der Waals surface area (Å²) in [6.07, 6.45) is 0. The van der Waals surface area contributed by atoms with Crippen molar-refractivity contribution in [3.8, 4) is 0 Å². The van der Waals surface area contributed by atoms with Crippen molar-refractivity contribution in [2.24, 2.45) is 0 Å². The van der Waals surface area contributed by atoms with E-state index in [1.807, 2.05) is 5.38 Å². The first-order valence-electron chi connectivity index (χ1n) is 5.48. The fraction of sp³-hybridized carbons (Fsp3) is 0.583. The second-order valence-electron chi connectivity index (χ2n) is 3.82. The van der Waals surface area contributed by atoms with Crippen LogP contribution in [0.2, 0.25) is 0 Å². The number of rotatable bonds is 7. The summed E-state index contributed by atoms with van der Waals surface area (Å²) in [4.78, 5) is 14.6. The van der Waals surface area contributed by atoms with Gasteiger partial charge < -0.3 is 14.4 Å². The Morgan fingerprint density at radius 1 is 1.47 bits per heavy atom. The third kappa shape index (κ3) is 4.85. The highest BCUT2D eigenvalue weighted by molar-refractivity contribution is 7.10. The number of carbonyl (C=O) groups is 1. The minimum absolute atomic E-state index is 0.00565. The summed E-state index contributed by atoms with van der Waals surface area (Å²) in [7, 11) is 3.40. The average Bonchev–Trinajstić information content (AvgIpc) is 2.70. The number of thiophene rings is 1. The molecule has 0 N–H and O–H groups in total. The molecule has 1 aromatic heterocycles. The number of methoxy groups -OCH3 is 1. The zero-order chi connectivity index (χ0) is 12.7. The van der Waals surface area contributed by atoms with Gasteiger partial charge in [-0.1, -0.05) is 0 Å². The maximum atomic E-state index is 11.7. The number of nitrogens with zero attached hydrogens (tertiary/aromatic N) is 1. The predicted octanol–water partition coefficient (Wildman–Crippen LogP) is 1.68. The van der Waals surface area contributed by atoms with Crippen LogP contribution in [0, 0.1) is 6.92 Å². The van der Waals surface area contributed by atoms with E-state index in [1.54, 1.807) is 30.4 Å². The molecule has 0 saturated carbocycles. The first-order chi connectivity index (χ1) is 8.15. The van der Waals surface area contributed by atoms with E-state index >= 15 is 0 Å². The summed E-state index contributed by atoms with van der Waals surface area (Å²) in [5.41, 5.74) is 1.23. The van der Waals surface area contributed by atoms with Gasteiger partial charge in [0.25, 0.3) is 0 Å². The van der Waals surface area contributed by atoms with Crippen LogP contribution in [-0.2, 0) is 20.8 Å². The van der Waals surface area contributed by atoms with Gasteiger partial charge in [0.15, 0.2) is 0 Å². The number of carbonyl (C=O) groups excluding carboxylic acids is 1. The fourth-order valence-corrected chi connectivity index (χ4v) is 2.24. The van der Waals surface area contributed by atoms with Gasteiger partial charge in [0.2, 0.25) is 5.91 Å². The lowest BCUT2D eigenvalue weighted by atomic mass is 10.3. The normalized spacial score (nSPS) is 10.5. The standard InChI is InChI=1S/C12H19NO3S/c1-10-4-7-17-11(10)8-13(2)12(14)9-16-6-5-15-3/h4,7H,5-6,8-9H2,1-3H3. The SMILES string of the molecule is COCCOCC(=O)N(C)Cc1sccc1C. The summed E-state index contributed by atoms with van der Waals surface area (Å²) >= 11 is 1.67. The van der Waals surface area contributed by atoms with Gasteiger partial charge in [0.1, 0.15) is 6.61 Å². The molecule has 17 heavy (non-hydrogen) atoms. The molecule has 1 heterocycles. The number of hydrogen-bond donors (Lipinski definition) is 0. The van der Waals surface area contributed by atoms with Gasteiger partial charge in [0.05, 0.1) is 19.8 Å². The molecule has 0 aliphatic rings. The lowest BCUT2D eigenvalue weighted by Gasteiger charge is -2.16. The first kappa shape index (κ1) is 14.2. The Balaban J connectivity index is 2.30. The third-order valence-electron chi connectivity index (χ3n) is 2.43. The minimum atomic E-state index is -0.00565. The van der Waals surface area contributed by atoms with Crippen molar-refractivity contribution in [1.29, 1.82) is 0 Å². The maximum absolute atomic E-state index is 11.7. The van der Waals surface area contributed by atoms with Crippen molar-refractivity contribution in [1.82, 2.24) is 4.90 Å². The van der Waals surface area contributed by atoms with Crippen LogP contribution in [0.5, 0.6) is 0 Å². The minimum Gasteiger partial charge on any atom is -0.382 e. The lowest BCUT2D eigenvalue weighted by molar-refractivity contribution is -0.135. The van der Waals surface area contributed by atoms with Crippen LogP contribution in [0.1, 0.15) is 10.4 Å². The summed E-state index contributed by atoms with van der Waals surface area (Å²) < 4.78 is 10.0. The van der Waals surface area contributed by atoms with E-state index < -0.39 is 0 Å². The molecule has 5 heteroatoms. The number of hydrogen-bond acceptors (Lipinski definition) is 4. The van der Waals surface area contributed by atoms with E-state index in [-0.39, 0.29) is 12.5 Å². The van der Waals surface area contributed by atoms with Crippen LogP contribution in [-0.4, -0.2) is 44.8 Å². The average molecular weight is 257 g/mol. The molecule has 4 nitrogen and oxygen atoms in total. The number of ether oxygens (including phenoxy) is 2. The summed E-state index contributed by atoms with van der Waals surface area (Å²) in [6.45, 7) is 3.79. The molecule has 1 aromatic rings. The predicted molar refractivity (Wildman–Crippen MR) is 68.2 cm³/mol. The third-order valence-corrected chi connectivity index (χ3v) is 3.44. The van der Waals surface area contributed by atoms with E-state index in [2.05, 4.69) is 13.0 Å². The van der Waals surface area contributed by atoms with Gasteiger partial charge in [-0.05, 0) is 23.9 Å². The van der Waals surface area contributed by atoms with Crippen molar-refractivity contribution in [3.63, 3.8) is 0 Å². The molecule has 96 valence electrons. The second kappa shape index (κ2) is 7.42. The molecular formula is C12H19NO3S. The largest absolute Gasteiger partial charge is 0.382 e. The molecule has 0 aliphatic heterocycles. The Morgan fingerprint density at radius 2 is 2.24 bits per heavy atom. The fourth-order valence-electron chi connectivity index (χ4n) is 1.28. The zero-order valence-corrected chi connectivity index (χ0v) is 11.4. The molecule has 0 fully saturated rings. The quantitative estimate of drug-likeness (QED) is 0.698. The Hall–Kier alpha value is -0.910. The van der Waals surface area contributed by atoms with E-state index in [0.717, 1.165) is 0 Å². The molecule has 0 bridgehead atoms. The monoisotopic (exact) mass is 257 g/mol. The van der Waals surface area contributed by atoms with Crippen molar-refractivity contribution >= 4 is 17.2 Å². The van der Waals surface area contributed by atoms with Crippen LogP contribution in [0.15, 0.2) is 11.4 Å². The van der Waals surface area contributed by atoms with Gasteiger partial charge in [0, 0.05) is 19.0 Å². The van der Waals surface area contributed by atoms with Crippen LogP contribution in [0.4, 0.5) is 0 Å². The molecule has 0 unspecified atom stereocenters. The van der Waals surface area contributed by atoms with Crippen molar-refractivity contribution in [3.05, 3.63) is 21.9 Å². The molecule has 1 amide bonds. The smallest absolute Gasteiger partial charge is 0.248 e.